The number of carbonyl (C=O) groups excluding carboxylic acids is 1. The highest BCUT2D eigenvalue weighted by Gasteiger charge is 2.35. The van der Waals surface area contributed by atoms with Crippen LogP contribution in [-0.2, 0) is 23.2 Å². The minimum Gasteiger partial charge on any atom is -0.349 e. The molecule has 2 aromatic heterocycles. The molecule has 5 aromatic rings. The number of nitrogens with zero attached hydrogens (tertiary/aromatic N) is 5. The minimum absolute atomic E-state index is 0.0164. The summed E-state index contributed by atoms with van der Waals surface area (Å²) < 4.78 is 15.5. The van der Waals surface area contributed by atoms with Crippen LogP contribution >= 0.6 is 22.9 Å². The lowest BCUT2D eigenvalue weighted by Gasteiger charge is -2.34. The third-order valence-corrected chi connectivity index (χ3v) is 9.19. The molecule has 0 bridgehead atoms. The van der Waals surface area contributed by atoms with E-state index in [-0.39, 0.29) is 19.0 Å². The first-order chi connectivity index (χ1) is 19.4. The molecule has 7 nitrogen and oxygen atoms in total. The maximum absolute atomic E-state index is 12.8. The van der Waals surface area contributed by atoms with Crippen LogP contribution in [0.5, 0.6) is 0 Å². The number of thiazole rings is 1. The molecule has 200 valence electrons. The van der Waals surface area contributed by atoms with E-state index in [1.807, 2.05) is 43.0 Å². The standard InChI is InChI=1S/C29H24BClFN5O2S/c1-17-11-24-28(27(22(17)13-26(38)39-32)18-3-6-21(31)7-4-18)40-29(35-24)37-10-9-30(16-33)23(15-37)19-5-8-25-20(12-19)14-34-36(25)2/h3-8,11-12,14,23H,9-10,13,15H2,1-2H3. The van der Waals surface area contributed by atoms with Crippen molar-refractivity contribution in [1.29, 1.82) is 5.26 Å². The van der Waals surface area contributed by atoms with Gasteiger partial charge in [-0.2, -0.15) is 5.10 Å². The number of anilines is 1. The number of benzene rings is 3. The number of rotatable bonds is 5. The van der Waals surface area contributed by atoms with Crippen LogP contribution in [0.25, 0.3) is 32.2 Å². The van der Waals surface area contributed by atoms with Crippen LogP contribution in [0.2, 0.25) is 11.3 Å². The number of aryl methyl sites for hydroxylation is 2. The molecule has 0 radical (unpaired) electrons. The average Bonchev–Trinajstić information content (AvgIpc) is 3.56. The Kier molecular flexibility index (Phi) is 6.94. The molecule has 1 atom stereocenters. The van der Waals surface area contributed by atoms with Gasteiger partial charge in [0.25, 0.3) is 6.71 Å². The van der Waals surface area contributed by atoms with Crippen molar-refractivity contribution < 1.29 is 14.3 Å². The Morgan fingerprint density at radius 2 is 2.08 bits per heavy atom. The minimum atomic E-state index is -0.950. The predicted octanol–water partition coefficient (Wildman–Crippen LogP) is 6.48. The molecule has 0 spiro atoms. The van der Waals surface area contributed by atoms with Crippen molar-refractivity contribution in [2.24, 2.45) is 7.05 Å². The van der Waals surface area contributed by atoms with E-state index in [0.717, 1.165) is 54.8 Å². The summed E-state index contributed by atoms with van der Waals surface area (Å²) in [6, 6.07) is 15.6. The number of hydrogen-bond donors (Lipinski definition) is 0. The predicted molar refractivity (Wildman–Crippen MR) is 158 cm³/mol. The number of fused-ring (bicyclic) bond motifs is 2. The topological polar surface area (TPSA) is 84.0 Å². The molecule has 1 fully saturated rings. The second-order valence-electron chi connectivity index (χ2n) is 10.2. The fraction of sp³-hybridized carbons (Fsp3) is 0.241. The lowest BCUT2D eigenvalue weighted by molar-refractivity contribution is -0.182. The monoisotopic (exact) mass is 571 g/mol. The van der Waals surface area contributed by atoms with E-state index in [1.54, 1.807) is 12.1 Å². The highest BCUT2D eigenvalue weighted by molar-refractivity contribution is 7.22. The van der Waals surface area contributed by atoms with Gasteiger partial charge in [-0.25, -0.2) is 15.0 Å². The number of nitriles is 1. The third kappa shape index (κ3) is 4.69. The van der Waals surface area contributed by atoms with Gasteiger partial charge in [-0.3, -0.25) is 9.62 Å². The molecule has 1 aliphatic heterocycles. The zero-order valence-corrected chi connectivity index (χ0v) is 23.5. The van der Waals surface area contributed by atoms with Crippen LogP contribution in [0.3, 0.4) is 0 Å². The number of hydrogen-bond acceptors (Lipinski definition) is 7. The Labute approximate surface area is 239 Å². The van der Waals surface area contributed by atoms with Gasteiger partial charge in [0.2, 0.25) is 0 Å². The fourth-order valence-electron chi connectivity index (χ4n) is 5.71. The van der Waals surface area contributed by atoms with Crippen LogP contribution in [0, 0.1) is 18.2 Å². The van der Waals surface area contributed by atoms with E-state index in [1.165, 1.54) is 11.3 Å². The summed E-state index contributed by atoms with van der Waals surface area (Å²) in [5, 5.41) is 16.8. The van der Waals surface area contributed by atoms with Crippen LogP contribution in [-0.4, -0.2) is 40.5 Å². The Hall–Kier alpha value is -3.94. The molecule has 0 N–H and O–H groups in total. The van der Waals surface area contributed by atoms with Crippen molar-refractivity contribution in [3.8, 4) is 17.1 Å². The van der Waals surface area contributed by atoms with Gasteiger partial charge in [-0.05, 0) is 71.6 Å². The molecule has 0 amide bonds. The molecule has 1 saturated heterocycles. The Balaban J connectivity index is 1.42. The fourth-order valence-corrected chi connectivity index (χ4v) is 7.01. The molecule has 11 heteroatoms. The van der Waals surface area contributed by atoms with Gasteiger partial charge in [0.15, 0.2) is 5.13 Å². The summed E-state index contributed by atoms with van der Waals surface area (Å²) in [6.07, 6.45) is 2.38. The lowest BCUT2D eigenvalue weighted by Crippen LogP contribution is -2.43. The van der Waals surface area contributed by atoms with Gasteiger partial charge >= 0.3 is 5.97 Å². The third-order valence-electron chi connectivity index (χ3n) is 7.79. The lowest BCUT2D eigenvalue weighted by atomic mass is 9.37. The van der Waals surface area contributed by atoms with Crippen LogP contribution in [0.15, 0.2) is 54.7 Å². The van der Waals surface area contributed by atoms with Crippen molar-refractivity contribution >= 4 is 61.9 Å². The molecule has 0 saturated carbocycles. The smallest absolute Gasteiger partial charge is 0.349 e. The maximum Gasteiger partial charge on any atom is 0.353 e. The van der Waals surface area contributed by atoms with E-state index < -0.39 is 5.97 Å². The highest BCUT2D eigenvalue weighted by atomic mass is 35.5. The van der Waals surface area contributed by atoms with E-state index in [2.05, 4.69) is 39.1 Å². The van der Waals surface area contributed by atoms with Crippen LogP contribution in [0.4, 0.5) is 9.66 Å². The molecule has 40 heavy (non-hydrogen) atoms. The summed E-state index contributed by atoms with van der Waals surface area (Å²) in [5.41, 5.74) is 6.17. The zero-order chi connectivity index (χ0) is 28.0. The van der Waals surface area contributed by atoms with Gasteiger partial charge in [0.1, 0.15) is 0 Å². The second kappa shape index (κ2) is 10.6. The normalized spacial score (nSPS) is 15.5. The van der Waals surface area contributed by atoms with Gasteiger partial charge < -0.3 is 4.90 Å². The van der Waals surface area contributed by atoms with Gasteiger partial charge in [-0.15, -0.1) is 0 Å². The van der Waals surface area contributed by atoms with Gasteiger partial charge in [-0.1, -0.05) is 41.1 Å². The largest absolute Gasteiger partial charge is 0.353 e. The van der Waals surface area contributed by atoms with Crippen LogP contribution < -0.4 is 4.90 Å². The molecular weight excluding hydrogens is 548 g/mol. The van der Waals surface area contributed by atoms with Crippen molar-refractivity contribution in [1.82, 2.24) is 14.8 Å². The van der Waals surface area contributed by atoms with Crippen molar-refractivity contribution in [3.63, 3.8) is 0 Å². The Morgan fingerprint density at radius 3 is 2.83 bits per heavy atom. The van der Waals surface area contributed by atoms with Gasteiger partial charge in [0.05, 0.1) is 28.4 Å². The molecule has 1 aliphatic rings. The van der Waals surface area contributed by atoms with E-state index >= 15 is 0 Å². The first-order valence-corrected chi connectivity index (χ1v) is 14.1. The summed E-state index contributed by atoms with van der Waals surface area (Å²) in [7, 11) is 1.92. The first kappa shape index (κ1) is 26.3. The highest BCUT2D eigenvalue weighted by Crippen LogP contribution is 2.42. The van der Waals surface area contributed by atoms with E-state index in [9.17, 15) is 14.6 Å². The number of carbonyl (C=O) groups is 1. The van der Waals surface area contributed by atoms with Gasteiger partial charge in [0, 0.05) is 46.6 Å². The molecule has 0 aliphatic carbocycles. The Bertz CT molecular complexity index is 1800. The second-order valence-corrected chi connectivity index (χ2v) is 11.6. The zero-order valence-electron chi connectivity index (χ0n) is 21.9. The molecule has 1 unspecified atom stereocenters. The molecule has 3 aromatic carbocycles. The molecule has 3 heterocycles. The quantitative estimate of drug-likeness (QED) is 0.224. The van der Waals surface area contributed by atoms with Crippen molar-refractivity contribution in [2.75, 3.05) is 18.0 Å². The van der Waals surface area contributed by atoms with E-state index in [0.29, 0.717) is 23.7 Å². The van der Waals surface area contributed by atoms with Crippen molar-refractivity contribution in [2.45, 2.75) is 25.5 Å². The summed E-state index contributed by atoms with van der Waals surface area (Å²) in [4.78, 5) is 22.8. The van der Waals surface area contributed by atoms with Crippen LogP contribution in [0.1, 0.15) is 22.5 Å². The summed E-state index contributed by atoms with van der Waals surface area (Å²) in [5.74, 6) is 1.60. The SMILES string of the molecule is Cc1cc2nc(N3CCB(C#N)C(c4ccc5c(cnn5C)c4)C3)sc2c(-c2ccc(Cl)cc2)c1CC(=O)OF. The Morgan fingerprint density at radius 1 is 1.27 bits per heavy atom. The van der Waals surface area contributed by atoms with E-state index in [4.69, 9.17) is 16.6 Å². The summed E-state index contributed by atoms with van der Waals surface area (Å²) >= 11 is 7.69. The number of halogens is 2. The maximum atomic E-state index is 12.8. The molecular formula is C29H24BClFN5O2S. The van der Waals surface area contributed by atoms with Crippen molar-refractivity contribution in [3.05, 3.63) is 76.4 Å². The average molecular weight is 572 g/mol. The number of aromatic nitrogens is 3. The molecule has 6 rings (SSSR count). The first-order valence-electron chi connectivity index (χ1n) is 12.9. The summed E-state index contributed by atoms with van der Waals surface area (Å²) in [6.45, 7) is 3.15.